The van der Waals surface area contributed by atoms with Gasteiger partial charge in [-0.05, 0) is 109 Å². The van der Waals surface area contributed by atoms with Gasteiger partial charge in [0.25, 0.3) is 0 Å². The molecule has 0 spiro atoms. The van der Waals surface area contributed by atoms with Gasteiger partial charge in [0.15, 0.2) is 0 Å². The van der Waals surface area contributed by atoms with Crippen molar-refractivity contribution in [2.75, 3.05) is 42.8 Å². The molecule has 6 atom stereocenters. The van der Waals surface area contributed by atoms with Crippen LogP contribution in [-0.2, 0) is 34.1 Å². The molecule has 3 heterocycles. The molecule has 2 unspecified atom stereocenters. The van der Waals surface area contributed by atoms with Gasteiger partial charge in [-0.15, -0.1) is 0 Å². The average Bonchev–Trinajstić information content (AvgIpc) is 4.08. The van der Waals surface area contributed by atoms with Gasteiger partial charge in [-0.1, -0.05) is 84.9 Å². The van der Waals surface area contributed by atoms with Gasteiger partial charge in [0.2, 0.25) is 23.6 Å². The first-order valence-corrected chi connectivity index (χ1v) is 22.9. The molecule has 350 valence electrons. The predicted octanol–water partition coefficient (Wildman–Crippen LogP) is 7.69. The summed E-state index contributed by atoms with van der Waals surface area (Å²) in [5.41, 5.74) is 5.75. The molecule has 3 saturated heterocycles. The zero-order chi connectivity index (χ0) is 47.2. The van der Waals surface area contributed by atoms with Crippen molar-refractivity contribution in [2.24, 2.45) is 11.8 Å². The topological polar surface area (TPSA) is 179 Å². The first-order chi connectivity index (χ1) is 30.9. The second-order valence-corrected chi connectivity index (χ2v) is 19.1. The van der Waals surface area contributed by atoms with Crippen LogP contribution in [0.4, 0.5) is 26.7 Å². The molecule has 15 nitrogen and oxygen atoms in total. The minimum absolute atomic E-state index is 0.0132. The van der Waals surface area contributed by atoms with Crippen LogP contribution in [-0.4, -0.2) is 97.1 Å². The highest BCUT2D eigenvalue weighted by Crippen LogP contribution is 2.47. The molecule has 6 amide bonds. The van der Waals surface area contributed by atoms with E-state index in [1.54, 1.807) is 9.80 Å². The normalized spacial score (nSPS) is 20.6. The second-order valence-electron chi connectivity index (χ2n) is 19.1. The van der Waals surface area contributed by atoms with Gasteiger partial charge in [-0.2, -0.15) is 0 Å². The van der Waals surface area contributed by atoms with Gasteiger partial charge in [-0.3, -0.25) is 19.2 Å². The highest BCUT2D eigenvalue weighted by Gasteiger charge is 2.41. The van der Waals surface area contributed by atoms with Crippen molar-refractivity contribution >= 4 is 52.9 Å². The molecule has 65 heavy (non-hydrogen) atoms. The van der Waals surface area contributed by atoms with E-state index in [2.05, 4.69) is 95.5 Å². The first kappa shape index (κ1) is 48.3. The number of carbonyl (C=O) groups excluding carboxylic acids is 6. The Morgan fingerprint density at radius 2 is 0.954 bits per heavy atom. The third-order valence-corrected chi connectivity index (χ3v) is 13.0. The van der Waals surface area contributed by atoms with E-state index in [4.69, 9.17) is 9.47 Å². The van der Waals surface area contributed by atoms with E-state index in [0.717, 1.165) is 29.7 Å². The number of rotatable bonds is 13. The Bertz CT molecular complexity index is 2050. The van der Waals surface area contributed by atoms with Crippen LogP contribution in [0.25, 0.3) is 0 Å². The molecule has 3 aliphatic heterocycles. The molecule has 4 N–H and O–H groups in total. The molecule has 6 rings (SSSR count). The highest BCUT2D eigenvalue weighted by atomic mass is 16.5. The number of ether oxygens (including phenoxy) is 2. The molecule has 0 saturated carbocycles. The lowest BCUT2D eigenvalue weighted by molar-refractivity contribution is -0.139. The maximum Gasteiger partial charge on any atom is 0.407 e. The molecule has 3 aromatic rings. The van der Waals surface area contributed by atoms with E-state index < -0.39 is 36.4 Å². The van der Waals surface area contributed by atoms with E-state index in [9.17, 15) is 28.8 Å². The van der Waals surface area contributed by atoms with Crippen LogP contribution in [0.1, 0.15) is 116 Å². The van der Waals surface area contributed by atoms with E-state index >= 15 is 0 Å². The summed E-state index contributed by atoms with van der Waals surface area (Å²) >= 11 is 0. The van der Waals surface area contributed by atoms with E-state index in [-0.39, 0.29) is 53.0 Å². The molecule has 3 aliphatic rings. The number of alkyl carbamates (subject to hydrolysis) is 2. The summed E-state index contributed by atoms with van der Waals surface area (Å²) in [5.74, 6) is -1.55. The number of carbonyl (C=O) groups is 6. The van der Waals surface area contributed by atoms with Gasteiger partial charge >= 0.3 is 12.2 Å². The molecule has 15 heteroatoms. The summed E-state index contributed by atoms with van der Waals surface area (Å²) in [6.07, 6.45) is 2.77. The van der Waals surface area contributed by atoms with Crippen molar-refractivity contribution in [3.8, 4) is 0 Å². The largest absolute Gasteiger partial charge is 0.453 e. The Hall–Kier alpha value is -6.12. The number of nitrogens with one attached hydrogen (secondary N) is 4. The molecule has 3 fully saturated rings. The zero-order valence-corrected chi connectivity index (χ0v) is 39.3. The fourth-order valence-corrected chi connectivity index (χ4v) is 9.35. The second kappa shape index (κ2) is 20.8. The summed E-state index contributed by atoms with van der Waals surface area (Å²) in [7, 11) is 2.50. The Balaban J connectivity index is 1.17. The number of anilines is 3. The van der Waals surface area contributed by atoms with Crippen LogP contribution in [0.5, 0.6) is 0 Å². The average molecular weight is 894 g/mol. The van der Waals surface area contributed by atoms with Gasteiger partial charge in [0.1, 0.15) is 24.2 Å². The van der Waals surface area contributed by atoms with E-state index in [1.165, 1.54) is 19.8 Å². The predicted molar refractivity (Wildman–Crippen MR) is 250 cm³/mol. The number of methoxy groups -OCH3 is 2. The Kier molecular flexibility index (Phi) is 15.5. The van der Waals surface area contributed by atoms with Crippen LogP contribution in [0.3, 0.4) is 0 Å². The minimum Gasteiger partial charge on any atom is -0.453 e. The quantitative estimate of drug-likeness (QED) is 0.134. The molecular formula is C50H67N7O8. The van der Waals surface area contributed by atoms with Crippen LogP contribution in [0.15, 0.2) is 72.8 Å². The Morgan fingerprint density at radius 1 is 0.569 bits per heavy atom. The monoisotopic (exact) mass is 894 g/mol. The molecule has 0 aromatic heterocycles. The standard InChI is InChI=1S/C50H67N7O8/c1-30(2)42(53-48(62)64-8)46(60)55-28-10-12-40(55)44(58)51-35-20-14-32(15-21-35)38-26-27-39(57(38)37-24-18-34(19-25-37)50(5,6)7)33-16-22-36(23-17-33)52-45(59)41-13-11-29-56(41)47(61)43(31(3)4)54-49(63)65-9/h14-25,30-31,38-43H,10-13,26-29H2,1-9H3,(H,51,58)(H,52,59)(H,53,62)(H,54,63)/t38-,39-,40-,41-,42?,43?/m0/s1. The Labute approximate surface area is 383 Å². The van der Waals surface area contributed by atoms with Crippen molar-refractivity contribution < 1.29 is 38.2 Å². The summed E-state index contributed by atoms with van der Waals surface area (Å²) in [6, 6.07) is 21.7. The summed E-state index contributed by atoms with van der Waals surface area (Å²) in [5, 5.41) is 11.3. The molecule has 3 aromatic carbocycles. The lowest BCUT2D eigenvalue weighted by Crippen LogP contribution is -2.54. The summed E-state index contributed by atoms with van der Waals surface area (Å²) in [6.45, 7) is 14.8. The van der Waals surface area contributed by atoms with Crippen molar-refractivity contribution in [3.05, 3.63) is 89.5 Å². The SMILES string of the molecule is COC(=O)NC(C(=O)N1CCC[C@H]1C(=O)Nc1ccc([C@@H]2CC[C@@H](c3ccc(NC(=O)[C@@H]4CCCN4C(=O)C(NC(=O)OC)C(C)C)cc3)N2c2ccc(C(C)(C)C)cc2)cc1)C(C)C. The molecule has 0 radical (unpaired) electrons. The molecular weight excluding hydrogens is 827 g/mol. The third kappa shape index (κ3) is 11.2. The van der Waals surface area contributed by atoms with Crippen molar-refractivity contribution in [1.82, 2.24) is 20.4 Å². The summed E-state index contributed by atoms with van der Waals surface area (Å²) in [4.78, 5) is 84.1. The van der Waals surface area contributed by atoms with Crippen molar-refractivity contribution in [3.63, 3.8) is 0 Å². The minimum atomic E-state index is -0.814. The maximum atomic E-state index is 13.7. The fourth-order valence-electron chi connectivity index (χ4n) is 9.35. The Morgan fingerprint density at radius 3 is 1.29 bits per heavy atom. The number of likely N-dealkylation sites (tertiary alicyclic amines) is 2. The van der Waals surface area contributed by atoms with Crippen LogP contribution < -0.4 is 26.2 Å². The van der Waals surface area contributed by atoms with Gasteiger partial charge in [0.05, 0.1) is 26.3 Å². The van der Waals surface area contributed by atoms with Gasteiger partial charge < -0.3 is 45.4 Å². The maximum absolute atomic E-state index is 13.7. The molecule has 0 aliphatic carbocycles. The zero-order valence-electron chi connectivity index (χ0n) is 39.3. The van der Waals surface area contributed by atoms with Crippen molar-refractivity contribution in [2.45, 2.75) is 129 Å². The lowest BCUT2D eigenvalue weighted by Gasteiger charge is -2.34. The highest BCUT2D eigenvalue weighted by molar-refractivity contribution is 5.99. The number of nitrogens with zero attached hydrogens (tertiary/aromatic N) is 3. The number of hydrogen-bond donors (Lipinski definition) is 4. The van der Waals surface area contributed by atoms with Crippen LogP contribution in [0.2, 0.25) is 0 Å². The summed E-state index contributed by atoms with van der Waals surface area (Å²) < 4.78 is 9.49. The van der Waals surface area contributed by atoms with E-state index in [1.807, 2.05) is 52.0 Å². The van der Waals surface area contributed by atoms with Crippen molar-refractivity contribution in [1.29, 1.82) is 0 Å². The number of hydrogen-bond acceptors (Lipinski definition) is 9. The smallest absolute Gasteiger partial charge is 0.407 e. The van der Waals surface area contributed by atoms with E-state index in [0.29, 0.717) is 50.1 Å². The van der Waals surface area contributed by atoms with Gasteiger partial charge in [-0.25, -0.2) is 9.59 Å². The third-order valence-electron chi connectivity index (χ3n) is 13.0. The van der Waals surface area contributed by atoms with Gasteiger partial charge in [0, 0.05) is 30.2 Å². The van der Waals surface area contributed by atoms with Crippen LogP contribution >= 0.6 is 0 Å². The number of amides is 6. The number of benzene rings is 3. The van der Waals surface area contributed by atoms with Crippen LogP contribution in [0, 0.1) is 11.8 Å². The lowest BCUT2D eigenvalue weighted by atomic mass is 9.87. The molecule has 0 bridgehead atoms. The fraction of sp³-hybridized carbons (Fsp3) is 0.520. The first-order valence-electron chi connectivity index (χ1n) is 22.9.